The SMILES string of the molecule is CCCCO[C@@H]1OC(COC(=O)c2ccccc2)[C@@H](O[C@@H]2OC3COC(c4ccccc4)O[C@@H]3C(OC(=O)c3ccccc3)[C@@H]2OC(=O)c2ccccc2)C(OC(=O)c2ccccc2)[C@@H]1OC(=O)c1ccccc1. The van der Waals surface area contributed by atoms with Gasteiger partial charge < -0.3 is 52.1 Å². The van der Waals surface area contributed by atoms with Crippen molar-refractivity contribution in [1.29, 1.82) is 0 Å². The Hall–Kier alpha value is -7.57. The zero-order valence-corrected chi connectivity index (χ0v) is 40.2. The van der Waals surface area contributed by atoms with E-state index in [0.717, 1.165) is 6.42 Å². The highest BCUT2D eigenvalue weighted by molar-refractivity contribution is 5.92. The Morgan fingerprint density at radius 2 is 0.878 bits per heavy atom. The van der Waals surface area contributed by atoms with Crippen LogP contribution in [-0.2, 0) is 52.1 Å². The van der Waals surface area contributed by atoms with Crippen molar-refractivity contribution in [2.24, 2.45) is 0 Å². The van der Waals surface area contributed by atoms with E-state index in [-0.39, 0.29) is 41.0 Å². The molecule has 0 N–H and O–H groups in total. The van der Waals surface area contributed by atoms with E-state index < -0.39 is 104 Å². The average molecular weight is 1010 g/mol. The largest absolute Gasteiger partial charge is 0.459 e. The van der Waals surface area contributed by atoms with E-state index in [9.17, 15) is 24.0 Å². The summed E-state index contributed by atoms with van der Waals surface area (Å²) in [6.45, 7) is 1.39. The number of fused-ring (bicyclic) bond motifs is 1. The Kier molecular flexibility index (Phi) is 17.3. The van der Waals surface area contributed by atoms with E-state index in [1.54, 1.807) is 140 Å². The molecule has 382 valence electrons. The lowest BCUT2D eigenvalue weighted by molar-refractivity contribution is -0.383. The number of unbranched alkanes of at least 4 members (excludes halogenated alkanes) is 1. The Bertz CT molecular complexity index is 2770. The Labute approximate surface area is 427 Å². The lowest BCUT2D eigenvalue weighted by atomic mass is 9.95. The van der Waals surface area contributed by atoms with Gasteiger partial charge in [-0.1, -0.05) is 135 Å². The van der Waals surface area contributed by atoms with Crippen molar-refractivity contribution in [3.8, 4) is 0 Å². The fraction of sp³-hybridized carbons (Fsp3) is 0.293. The smallest absolute Gasteiger partial charge is 0.338 e. The fourth-order valence-corrected chi connectivity index (χ4v) is 8.64. The van der Waals surface area contributed by atoms with Crippen LogP contribution >= 0.6 is 0 Å². The highest BCUT2D eigenvalue weighted by Crippen LogP contribution is 2.40. The van der Waals surface area contributed by atoms with Gasteiger partial charge in [-0.3, -0.25) is 0 Å². The lowest BCUT2D eigenvalue weighted by Crippen LogP contribution is -2.68. The molecular weight excluding hydrogens is 953 g/mol. The Morgan fingerprint density at radius 3 is 1.35 bits per heavy atom. The van der Waals surface area contributed by atoms with Crippen LogP contribution in [0.4, 0.5) is 0 Å². The summed E-state index contributed by atoms with van der Waals surface area (Å²) in [5.74, 6) is -4.04. The van der Waals surface area contributed by atoms with Gasteiger partial charge in [-0.05, 0) is 67.1 Å². The number of hydrogen-bond acceptors (Lipinski definition) is 16. The van der Waals surface area contributed by atoms with Gasteiger partial charge >= 0.3 is 29.8 Å². The van der Waals surface area contributed by atoms with Crippen LogP contribution in [-0.4, -0.2) is 111 Å². The normalized spacial score (nSPS) is 25.3. The minimum atomic E-state index is -1.74. The van der Waals surface area contributed by atoms with Crippen molar-refractivity contribution in [2.45, 2.75) is 87.5 Å². The number of esters is 5. The van der Waals surface area contributed by atoms with Gasteiger partial charge in [-0.2, -0.15) is 0 Å². The van der Waals surface area contributed by atoms with Gasteiger partial charge in [0.05, 0.1) is 34.4 Å². The zero-order valence-electron chi connectivity index (χ0n) is 40.2. The second-order valence-electron chi connectivity index (χ2n) is 17.5. The maximum absolute atomic E-state index is 14.4. The quantitative estimate of drug-likeness (QED) is 0.0453. The van der Waals surface area contributed by atoms with E-state index in [4.69, 9.17) is 52.1 Å². The van der Waals surface area contributed by atoms with Crippen LogP contribution in [0.3, 0.4) is 0 Å². The second kappa shape index (κ2) is 24.9. The van der Waals surface area contributed by atoms with Gasteiger partial charge in [0.2, 0.25) is 0 Å². The summed E-state index contributed by atoms with van der Waals surface area (Å²) in [7, 11) is 0. The minimum absolute atomic E-state index is 0.118. The molecule has 0 spiro atoms. The van der Waals surface area contributed by atoms with Crippen LogP contribution in [0.5, 0.6) is 0 Å². The van der Waals surface area contributed by atoms with Crippen molar-refractivity contribution >= 4 is 29.8 Å². The van der Waals surface area contributed by atoms with Crippen LogP contribution in [0.25, 0.3) is 0 Å². The van der Waals surface area contributed by atoms with Crippen molar-refractivity contribution in [3.63, 3.8) is 0 Å². The highest BCUT2D eigenvalue weighted by Gasteiger charge is 2.59. The van der Waals surface area contributed by atoms with Gasteiger partial charge in [-0.15, -0.1) is 0 Å². The lowest BCUT2D eigenvalue weighted by Gasteiger charge is -2.50. The number of carbonyl (C=O) groups is 5. The van der Waals surface area contributed by atoms with E-state index >= 15 is 0 Å². The molecule has 11 atom stereocenters. The number of benzene rings is 6. The average Bonchev–Trinajstić information content (AvgIpc) is 3.46. The van der Waals surface area contributed by atoms with Crippen LogP contribution < -0.4 is 0 Å². The molecule has 5 unspecified atom stereocenters. The van der Waals surface area contributed by atoms with E-state index in [0.29, 0.717) is 12.0 Å². The first-order valence-corrected chi connectivity index (χ1v) is 24.4. The maximum Gasteiger partial charge on any atom is 0.338 e. The van der Waals surface area contributed by atoms with Crippen LogP contribution in [0.2, 0.25) is 0 Å². The molecule has 0 saturated carbocycles. The molecular formula is C58H54O16. The summed E-state index contributed by atoms with van der Waals surface area (Å²) >= 11 is 0. The van der Waals surface area contributed by atoms with E-state index in [2.05, 4.69) is 0 Å². The molecule has 16 nitrogen and oxygen atoms in total. The van der Waals surface area contributed by atoms with Crippen molar-refractivity contribution in [1.82, 2.24) is 0 Å². The van der Waals surface area contributed by atoms with Crippen LogP contribution in [0.1, 0.15) is 83.4 Å². The van der Waals surface area contributed by atoms with Crippen molar-refractivity contribution in [3.05, 3.63) is 215 Å². The minimum Gasteiger partial charge on any atom is -0.459 e. The molecule has 74 heavy (non-hydrogen) atoms. The summed E-state index contributed by atoms with van der Waals surface area (Å²) in [5.41, 5.74) is 1.48. The molecule has 0 amide bonds. The molecule has 3 aliphatic rings. The number of ether oxygens (including phenoxy) is 11. The van der Waals surface area contributed by atoms with Gasteiger partial charge in [0.15, 0.2) is 43.3 Å². The van der Waals surface area contributed by atoms with Crippen LogP contribution in [0.15, 0.2) is 182 Å². The molecule has 0 bridgehead atoms. The summed E-state index contributed by atoms with van der Waals surface area (Å²) in [6, 6.07) is 49.9. The van der Waals surface area contributed by atoms with Gasteiger partial charge in [0.25, 0.3) is 0 Å². The van der Waals surface area contributed by atoms with E-state index in [1.807, 2.05) is 37.3 Å². The van der Waals surface area contributed by atoms with Crippen molar-refractivity contribution < 1.29 is 76.1 Å². The fourth-order valence-electron chi connectivity index (χ4n) is 8.64. The van der Waals surface area contributed by atoms with E-state index in [1.165, 1.54) is 12.1 Å². The number of carbonyl (C=O) groups excluding carboxylic acids is 5. The molecule has 3 saturated heterocycles. The van der Waals surface area contributed by atoms with Gasteiger partial charge in [-0.25, -0.2) is 24.0 Å². The standard InChI is InChI=1S/C58H54O16/c1-2-3-34-64-57-49(71-54(62)40-28-16-7-17-29-40)47(69-52(60)38-24-12-5-13-25-38)46(43(67-57)35-65-51(59)37-22-10-4-11-23-37)74-58-50(72-55(63)41-30-18-8-19-31-41)48(70-53(61)39-26-14-6-15-27-39)45-44(68-58)36-66-56(73-45)42-32-20-9-21-33-42/h4-33,43-50,56-58H,2-3,34-36H2,1H3/t43?,44?,45-,46+,47?,48?,49-,50-,56?,57+,58-/m0/s1. The first-order chi connectivity index (χ1) is 36.2. The topological polar surface area (TPSA) is 187 Å². The first-order valence-electron chi connectivity index (χ1n) is 24.4. The molecule has 0 radical (unpaired) electrons. The summed E-state index contributed by atoms with van der Waals surface area (Å²) < 4.78 is 70.8. The third-order valence-electron chi connectivity index (χ3n) is 12.4. The molecule has 3 fully saturated rings. The summed E-state index contributed by atoms with van der Waals surface area (Å²) in [5, 5.41) is 0. The van der Waals surface area contributed by atoms with Crippen molar-refractivity contribution in [2.75, 3.05) is 19.8 Å². The third kappa shape index (κ3) is 12.6. The maximum atomic E-state index is 14.4. The monoisotopic (exact) mass is 1010 g/mol. The molecule has 0 aliphatic carbocycles. The first kappa shape index (κ1) is 51.3. The predicted molar refractivity (Wildman–Crippen MR) is 262 cm³/mol. The van der Waals surface area contributed by atoms with Gasteiger partial charge in [0.1, 0.15) is 31.0 Å². The molecule has 16 heteroatoms. The Balaban J connectivity index is 1.16. The summed E-state index contributed by atoms with van der Waals surface area (Å²) in [6.07, 6.45) is -14.4. The molecule has 3 aliphatic heterocycles. The predicted octanol–water partition coefficient (Wildman–Crippen LogP) is 8.51. The highest BCUT2D eigenvalue weighted by atomic mass is 16.8. The van der Waals surface area contributed by atoms with Gasteiger partial charge in [0, 0.05) is 12.2 Å². The molecule has 6 aromatic carbocycles. The molecule has 9 rings (SSSR count). The third-order valence-corrected chi connectivity index (χ3v) is 12.4. The molecule has 6 aromatic rings. The summed E-state index contributed by atoms with van der Waals surface area (Å²) in [4.78, 5) is 70.8. The molecule has 0 aromatic heterocycles. The second-order valence-corrected chi connectivity index (χ2v) is 17.5. The number of hydrogen-bond donors (Lipinski definition) is 0. The number of rotatable bonds is 18. The zero-order chi connectivity index (χ0) is 51.2. The Morgan fingerprint density at radius 1 is 0.459 bits per heavy atom. The molecule has 3 heterocycles. The van der Waals surface area contributed by atoms with Crippen LogP contribution in [0, 0.1) is 0 Å².